The summed E-state index contributed by atoms with van der Waals surface area (Å²) in [6.07, 6.45) is 0. The van der Waals surface area contributed by atoms with Crippen LogP contribution in [-0.2, 0) is 0 Å². The molecule has 0 radical (unpaired) electrons. The Hall–Kier alpha value is -2.81. The minimum Gasteiger partial charge on any atom is -0.494 e. The van der Waals surface area contributed by atoms with Gasteiger partial charge in [0, 0.05) is 11.3 Å². The lowest BCUT2D eigenvalue weighted by atomic mass is 10.1. The molecule has 3 rings (SSSR count). The number of ether oxygens (including phenoxy) is 1. The van der Waals surface area contributed by atoms with Crippen molar-refractivity contribution >= 4 is 22.4 Å². The number of carbonyl (C=O) groups excluding carboxylic acids is 1. The summed E-state index contributed by atoms with van der Waals surface area (Å²) in [4.78, 5) is 12.3. The van der Waals surface area contributed by atoms with Crippen LogP contribution < -0.4 is 10.1 Å². The molecule has 0 heterocycles. The van der Waals surface area contributed by atoms with E-state index in [4.69, 9.17) is 4.74 Å². The Morgan fingerprint density at radius 2 is 1.68 bits per heavy atom. The Kier molecular flexibility index (Phi) is 4.05. The Balaban J connectivity index is 1.77. The van der Waals surface area contributed by atoms with E-state index in [0.717, 1.165) is 22.2 Å². The van der Waals surface area contributed by atoms with Crippen LogP contribution in [0.5, 0.6) is 5.75 Å². The molecule has 3 nitrogen and oxygen atoms in total. The molecule has 3 heteroatoms. The lowest BCUT2D eigenvalue weighted by Gasteiger charge is -2.08. The van der Waals surface area contributed by atoms with Crippen LogP contribution >= 0.6 is 0 Å². The van der Waals surface area contributed by atoms with Crippen LogP contribution in [0.3, 0.4) is 0 Å². The van der Waals surface area contributed by atoms with Crippen molar-refractivity contribution in [1.82, 2.24) is 0 Å². The number of nitrogens with one attached hydrogen (secondary N) is 1. The highest BCUT2D eigenvalue weighted by atomic mass is 16.5. The molecular weight excluding hydrogens is 274 g/mol. The van der Waals surface area contributed by atoms with Crippen LogP contribution in [0.15, 0.2) is 66.7 Å². The van der Waals surface area contributed by atoms with Crippen LogP contribution in [0.4, 0.5) is 5.69 Å². The van der Waals surface area contributed by atoms with Gasteiger partial charge in [0.05, 0.1) is 6.61 Å². The monoisotopic (exact) mass is 291 g/mol. The molecular formula is C19H17NO2. The van der Waals surface area contributed by atoms with E-state index in [9.17, 15) is 4.79 Å². The second-order valence-electron chi connectivity index (χ2n) is 4.97. The van der Waals surface area contributed by atoms with Crippen LogP contribution in [0.25, 0.3) is 10.8 Å². The van der Waals surface area contributed by atoms with Gasteiger partial charge in [-0.15, -0.1) is 0 Å². The topological polar surface area (TPSA) is 38.3 Å². The number of carbonyl (C=O) groups is 1. The SMILES string of the molecule is CCOc1ccc(NC(=O)c2ccc3ccccc3c2)cc1. The summed E-state index contributed by atoms with van der Waals surface area (Å²) in [6.45, 7) is 2.57. The zero-order valence-electron chi connectivity index (χ0n) is 12.4. The zero-order valence-corrected chi connectivity index (χ0v) is 12.4. The van der Waals surface area contributed by atoms with Crippen molar-refractivity contribution in [3.63, 3.8) is 0 Å². The molecule has 0 bridgehead atoms. The van der Waals surface area contributed by atoms with Crippen molar-refractivity contribution in [2.75, 3.05) is 11.9 Å². The van der Waals surface area contributed by atoms with Crippen molar-refractivity contribution in [2.45, 2.75) is 6.92 Å². The van der Waals surface area contributed by atoms with Crippen molar-refractivity contribution in [2.24, 2.45) is 0 Å². The first-order valence-electron chi connectivity index (χ1n) is 7.29. The lowest BCUT2D eigenvalue weighted by molar-refractivity contribution is 0.102. The van der Waals surface area contributed by atoms with Crippen LogP contribution in [-0.4, -0.2) is 12.5 Å². The number of hydrogen-bond donors (Lipinski definition) is 1. The molecule has 0 unspecified atom stereocenters. The molecule has 0 aliphatic heterocycles. The first-order chi connectivity index (χ1) is 10.8. The third-order valence-corrected chi connectivity index (χ3v) is 3.43. The van der Waals surface area contributed by atoms with E-state index in [0.29, 0.717) is 12.2 Å². The molecule has 1 amide bonds. The fourth-order valence-electron chi connectivity index (χ4n) is 2.33. The predicted molar refractivity (Wildman–Crippen MR) is 89.5 cm³/mol. The number of rotatable bonds is 4. The van der Waals surface area contributed by atoms with Gasteiger partial charge in [0.2, 0.25) is 0 Å². The Morgan fingerprint density at radius 3 is 2.41 bits per heavy atom. The second kappa shape index (κ2) is 6.31. The van der Waals surface area contributed by atoms with Gasteiger partial charge >= 0.3 is 0 Å². The summed E-state index contributed by atoms with van der Waals surface area (Å²) in [6, 6.07) is 21.1. The van der Waals surface area contributed by atoms with Gasteiger partial charge < -0.3 is 10.1 Å². The highest BCUT2D eigenvalue weighted by molar-refractivity contribution is 6.06. The van der Waals surface area contributed by atoms with Crippen LogP contribution in [0.1, 0.15) is 17.3 Å². The Bertz CT molecular complexity index is 794. The summed E-state index contributed by atoms with van der Waals surface area (Å²) in [7, 11) is 0. The van der Waals surface area contributed by atoms with E-state index in [1.807, 2.05) is 73.7 Å². The molecule has 3 aromatic rings. The number of fused-ring (bicyclic) bond motifs is 1. The molecule has 22 heavy (non-hydrogen) atoms. The van der Waals surface area contributed by atoms with Gasteiger partial charge in [0.1, 0.15) is 5.75 Å². The average Bonchev–Trinajstić information content (AvgIpc) is 2.56. The fourth-order valence-corrected chi connectivity index (χ4v) is 2.33. The van der Waals surface area contributed by atoms with E-state index in [1.165, 1.54) is 0 Å². The summed E-state index contributed by atoms with van der Waals surface area (Å²) < 4.78 is 5.39. The maximum absolute atomic E-state index is 12.3. The van der Waals surface area contributed by atoms with Gasteiger partial charge in [0.25, 0.3) is 5.91 Å². The largest absolute Gasteiger partial charge is 0.494 e. The van der Waals surface area contributed by atoms with Crippen LogP contribution in [0, 0.1) is 0 Å². The first-order valence-corrected chi connectivity index (χ1v) is 7.29. The highest BCUT2D eigenvalue weighted by Gasteiger charge is 2.07. The van der Waals surface area contributed by atoms with Crippen molar-refractivity contribution in [3.05, 3.63) is 72.3 Å². The predicted octanol–water partition coefficient (Wildman–Crippen LogP) is 4.49. The fraction of sp³-hybridized carbons (Fsp3) is 0.105. The number of hydrogen-bond acceptors (Lipinski definition) is 2. The third-order valence-electron chi connectivity index (χ3n) is 3.43. The Morgan fingerprint density at radius 1 is 0.955 bits per heavy atom. The molecule has 110 valence electrons. The Labute approximate surface area is 129 Å². The van der Waals surface area contributed by atoms with Crippen molar-refractivity contribution < 1.29 is 9.53 Å². The van der Waals surface area contributed by atoms with E-state index in [2.05, 4.69) is 5.32 Å². The standard InChI is InChI=1S/C19H17NO2/c1-2-22-18-11-9-17(10-12-18)20-19(21)16-8-7-14-5-3-4-6-15(14)13-16/h3-13H,2H2,1H3,(H,20,21). The van der Waals surface area contributed by atoms with Gasteiger partial charge in [-0.05, 0) is 54.1 Å². The molecule has 1 N–H and O–H groups in total. The molecule has 0 fully saturated rings. The molecule has 0 atom stereocenters. The maximum Gasteiger partial charge on any atom is 0.255 e. The van der Waals surface area contributed by atoms with Gasteiger partial charge in [0.15, 0.2) is 0 Å². The summed E-state index contributed by atoms with van der Waals surface area (Å²) >= 11 is 0. The van der Waals surface area contributed by atoms with Gasteiger partial charge in [-0.3, -0.25) is 4.79 Å². The van der Waals surface area contributed by atoms with Gasteiger partial charge in [-0.25, -0.2) is 0 Å². The first kappa shape index (κ1) is 14.1. The molecule has 0 aromatic heterocycles. The average molecular weight is 291 g/mol. The summed E-state index contributed by atoms with van der Waals surface area (Å²) in [5, 5.41) is 5.08. The zero-order chi connectivity index (χ0) is 15.4. The molecule has 3 aromatic carbocycles. The quantitative estimate of drug-likeness (QED) is 0.769. The molecule has 0 saturated carbocycles. The van der Waals surface area contributed by atoms with Crippen LogP contribution in [0.2, 0.25) is 0 Å². The second-order valence-corrected chi connectivity index (χ2v) is 4.97. The minimum absolute atomic E-state index is 0.116. The molecule has 0 spiro atoms. The third kappa shape index (κ3) is 3.09. The van der Waals surface area contributed by atoms with E-state index >= 15 is 0 Å². The lowest BCUT2D eigenvalue weighted by Crippen LogP contribution is -2.11. The van der Waals surface area contributed by atoms with Gasteiger partial charge in [-0.1, -0.05) is 30.3 Å². The molecule has 0 aliphatic carbocycles. The number of benzene rings is 3. The normalized spacial score (nSPS) is 10.4. The van der Waals surface area contributed by atoms with Crippen molar-refractivity contribution in [3.8, 4) is 5.75 Å². The minimum atomic E-state index is -0.116. The number of amides is 1. The molecule has 0 saturated heterocycles. The van der Waals surface area contributed by atoms with E-state index in [-0.39, 0.29) is 5.91 Å². The number of anilines is 1. The highest BCUT2D eigenvalue weighted by Crippen LogP contribution is 2.19. The van der Waals surface area contributed by atoms with Crippen molar-refractivity contribution in [1.29, 1.82) is 0 Å². The van der Waals surface area contributed by atoms with E-state index < -0.39 is 0 Å². The maximum atomic E-state index is 12.3. The smallest absolute Gasteiger partial charge is 0.255 e. The summed E-state index contributed by atoms with van der Waals surface area (Å²) in [5.74, 6) is 0.682. The van der Waals surface area contributed by atoms with Gasteiger partial charge in [-0.2, -0.15) is 0 Å². The van der Waals surface area contributed by atoms with E-state index in [1.54, 1.807) is 0 Å². The molecule has 0 aliphatic rings. The summed E-state index contributed by atoms with van der Waals surface area (Å²) in [5.41, 5.74) is 1.40.